The number of carbonyl (C=O) groups excluding carboxylic acids is 1. The Morgan fingerprint density at radius 3 is 2.95 bits per heavy atom. The molecule has 1 aliphatic heterocycles. The van der Waals surface area contributed by atoms with Crippen LogP contribution in [0.25, 0.3) is 0 Å². The Hall–Kier alpha value is -1.56. The largest absolute Gasteiger partial charge is 0.480 e. The van der Waals surface area contributed by atoms with Gasteiger partial charge < -0.3 is 14.8 Å². The fraction of sp³-hybridized carbons (Fsp3) is 0.692. The molecular weight excluding hydrogens is 246 g/mol. The van der Waals surface area contributed by atoms with Crippen LogP contribution in [0.3, 0.4) is 0 Å². The van der Waals surface area contributed by atoms with Crippen LogP contribution in [0, 0.1) is 0 Å². The highest BCUT2D eigenvalue weighted by atomic mass is 16.5. The molecule has 19 heavy (non-hydrogen) atoms. The maximum Gasteiger partial charge on any atom is 0.258 e. The van der Waals surface area contributed by atoms with Gasteiger partial charge in [0.15, 0.2) is 12.4 Å². The quantitative estimate of drug-likeness (QED) is 0.868. The van der Waals surface area contributed by atoms with Crippen LogP contribution in [0.15, 0.2) is 12.4 Å². The lowest BCUT2D eigenvalue weighted by atomic mass is 10.1. The lowest BCUT2D eigenvalue weighted by Gasteiger charge is -2.22. The molecule has 1 aromatic heterocycles. The smallest absolute Gasteiger partial charge is 0.258 e. The van der Waals surface area contributed by atoms with Crippen molar-refractivity contribution in [1.82, 2.24) is 15.1 Å². The second-order valence-electron chi connectivity index (χ2n) is 4.99. The molecule has 0 spiro atoms. The summed E-state index contributed by atoms with van der Waals surface area (Å²) >= 11 is 0. The highest BCUT2D eigenvalue weighted by Gasteiger charge is 2.16. The summed E-state index contributed by atoms with van der Waals surface area (Å²) in [6, 6.07) is 0.497. The van der Waals surface area contributed by atoms with Crippen LogP contribution in [-0.4, -0.2) is 41.6 Å². The first-order valence-corrected chi connectivity index (χ1v) is 6.69. The zero-order chi connectivity index (χ0) is 13.7. The van der Waals surface area contributed by atoms with Crippen molar-refractivity contribution in [3.8, 4) is 5.75 Å². The fourth-order valence-corrected chi connectivity index (χ4v) is 1.94. The van der Waals surface area contributed by atoms with Crippen LogP contribution in [0.5, 0.6) is 5.75 Å². The fourth-order valence-electron chi connectivity index (χ4n) is 1.94. The van der Waals surface area contributed by atoms with Gasteiger partial charge in [0.05, 0.1) is 12.4 Å². The van der Waals surface area contributed by atoms with Gasteiger partial charge in [-0.2, -0.15) is 5.10 Å². The molecule has 0 aliphatic carbocycles. The number of carbonyl (C=O) groups is 1. The number of hydrogen-bond acceptors (Lipinski definition) is 4. The molecular formula is C13H21N3O3. The molecule has 2 rings (SSSR count). The minimum atomic E-state index is -0.0933. The summed E-state index contributed by atoms with van der Waals surface area (Å²) in [7, 11) is 0. The maximum absolute atomic E-state index is 11.7. The minimum absolute atomic E-state index is 0.0289. The van der Waals surface area contributed by atoms with E-state index in [0.717, 1.165) is 12.8 Å². The van der Waals surface area contributed by atoms with E-state index < -0.39 is 0 Å². The topological polar surface area (TPSA) is 65.4 Å². The number of amides is 1. The van der Waals surface area contributed by atoms with E-state index in [1.54, 1.807) is 17.1 Å². The predicted octanol–water partition coefficient (Wildman–Crippen LogP) is 1.14. The Morgan fingerprint density at radius 1 is 1.58 bits per heavy atom. The molecule has 6 nitrogen and oxygen atoms in total. The first-order chi connectivity index (χ1) is 9.15. The second kappa shape index (κ2) is 6.56. The lowest BCUT2D eigenvalue weighted by molar-refractivity contribution is -0.124. The third-order valence-corrected chi connectivity index (χ3v) is 3.06. The van der Waals surface area contributed by atoms with Gasteiger partial charge in [-0.3, -0.25) is 9.48 Å². The summed E-state index contributed by atoms with van der Waals surface area (Å²) in [6.07, 6.45) is 5.17. The Labute approximate surface area is 113 Å². The molecule has 1 N–H and O–H groups in total. The molecule has 6 heteroatoms. The van der Waals surface area contributed by atoms with Crippen LogP contribution < -0.4 is 10.1 Å². The van der Waals surface area contributed by atoms with Crippen LogP contribution in [0.2, 0.25) is 0 Å². The number of ether oxygens (including phenoxy) is 2. The van der Waals surface area contributed by atoms with Crippen molar-refractivity contribution < 1.29 is 14.3 Å². The zero-order valence-corrected chi connectivity index (χ0v) is 11.5. The first kappa shape index (κ1) is 13.9. The molecule has 106 valence electrons. The summed E-state index contributed by atoms with van der Waals surface area (Å²) < 4.78 is 12.5. The maximum atomic E-state index is 11.7. The van der Waals surface area contributed by atoms with Crippen LogP contribution in [-0.2, 0) is 9.53 Å². The third-order valence-electron chi connectivity index (χ3n) is 3.06. The van der Waals surface area contributed by atoms with Gasteiger partial charge in [-0.15, -0.1) is 0 Å². The number of aromatic nitrogens is 2. The highest BCUT2D eigenvalue weighted by molar-refractivity contribution is 5.77. The number of nitrogens with zero attached hydrogens (tertiary/aromatic N) is 2. The van der Waals surface area contributed by atoms with Gasteiger partial charge in [-0.25, -0.2) is 0 Å². The summed E-state index contributed by atoms with van der Waals surface area (Å²) in [4.78, 5) is 11.7. The van der Waals surface area contributed by atoms with Gasteiger partial charge in [0.1, 0.15) is 0 Å². The van der Waals surface area contributed by atoms with Crippen molar-refractivity contribution in [3.05, 3.63) is 12.4 Å². The molecule has 1 aromatic rings. The van der Waals surface area contributed by atoms with Gasteiger partial charge in [0.25, 0.3) is 5.91 Å². The number of rotatable bonds is 5. The normalized spacial score (nSPS) is 16.6. The number of nitrogens with one attached hydrogen (secondary N) is 1. The molecule has 0 bridgehead atoms. The molecule has 1 aliphatic rings. The Morgan fingerprint density at radius 2 is 2.32 bits per heavy atom. The van der Waals surface area contributed by atoms with Gasteiger partial charge in [-0.1, -0.05) is 0 Å². The van der Waals surface area contributed by atoms with E-state index in [9.17, 15) is 4.79 Å². The van der Waals surface area contributed by atoms with Crippen LogP contribution in [0.1, 0.15) is 32.7 Å². The van der Waals surface area contributed by atoms with Gasteiger partial charge in [0, 0.05) is 25.3 Å². The van der Waals surface area contributed by atoms with Crippen molar-refractivity contribution in [2.24, 2.45) is 0 Å². The van der Waals surface area contributed by atoms with E-state index in [1.165, 1.54) is 0 Å². The Bertz CT molecular complexity index is 411. The van der Waals surface area contributed by atoms with Crippen LogP contribution in [0.4, 0.5) is 0 Å². The molecule has 0 saturated carbocycles. The van der Waals surface area contributed by atoms with Crippen molar-refractivity contribution in [3.63, 3.8) is 0 Å². The molecule has 0 radical (unpaired) electrons. The Balaban J connectivity index is 1.73. The molecule has 2 heterocycles. The van der Waals surface area contributed by atoms with Crippen molar-refractivity contribution >= 4 is 5.91 Å². The molecule has 1 fully saturated rings. The van der Waals surface area contributed by atoms with Crippen molar-refractivity contribution in [1.29, 1.82) is 0 Å². The predicted molar refractivity (Wildman–Crippen MR) is 70.1 cm³/mol. The van der Waals surface area contributed by atoms with Crippen molar-refractivity contribution in [2.75, 3.05) is 19.8 Å². The highest BCUT2D eigenvalue weighted by Crippen LogP contribution is 2.12. The number of hydrogen-bond donors (Lipinski definition) is 1. The van der Waals surface area contributed by atoms with E-state index in [2.05, 4.69) is 10.4 Å². The Kier molecular flexibility index (Phi) is 4.79. The second-order valence-corrected chi connectivity index (χ2v) is 4.99. The average Bonchev–Trinajstić information content (AvgIpc) is 2.86. The molecule has 0 unspecified atom stereocenters. The van der Waals surface area contributed by atoms with E-state index >= 15 is 0 Å². The monoisotopic (exact) mass is 267 g/mol. The van der Waals surface area contributed by atoms with E-state index in [1.807, 2.05) is 13.8 Å². The third kappa shape index (κ3) is 4.24. The summed E-state index contributed by atoms with van der Waals surface area (Å²) in [5.41, 5.74) is 0. The molecule has 0 atom stereocenters. The van der Waals surface area contributed by atoms with Gasteiger partial charge in [-0.05, 0) is 26.7 Å². The van der Waals surface area contributed by atoms with Gasteiger partial charge >= 0.3 is 0 Å². The summed E-state index contributed by atoms with van der Waals surface area (Å²) in [5.74, 6) is 0.528. The SMILES string of the molecule is CC(C)n1cc(OCC(=O)NC2CCOCC2)cn1. The average molecular weight is 267 g/mol. The first-order valence-electron chi connectivity index (χ1n) is 6.69. The molecule has 0 aromatic carbocycles. The van der Waals surface area contributed by atoms with Crippen molar-refractivity contribution in [2.45, 2.75) is 38.8 Å². The summed E-state index contributed by atoms with van der Waals surface area (Å²) in [6.45, 7) is 5.53. The van der Waals surface area contributed by atoms with E-state index in [-0.39, 0.29) is 24.6 Å². The minimum Gasteiger partial charge on any atom is -0.480 e. The zero-order valence-electron chi connectivity index (χ0n) is 11.5. The van der Waals surface area contributed by atoms with E-state index in [4.69, 9.17) is 9.47 Å². The molecule has 1 saturated heterocycles. The van der Waals surface area contributed by atoms with Crippen LogP contribution >= 0.6 is 0 Å². The summed E-state index contributed by atoms with van der Waals surface area (Å²) in [5, 5.41) is 7.10. The van der Waals surface area contributed by atoms with Gasteiger partial charge in [0.2, 0.25) is 0 Å². The van der Waals surface area contributed by atoms with E-state index in [0.29, 0.717) is 19.0 Å². The molecule has 1 amide bonds. The standard InChI is InChI=1S/C13H21N3O3/c1-10(2)16-8-12(7-14-16)19-9-13(17)15-11-3-5-18-6-4-11/h7-8,10-11H,3-6,9H2,1-2H3,(H,15,17). The lowest BCUT2D eigenvalue weighted by Crippen LogP contribution is -2.41.